The molecule has 1 aliphatic rings. The number of Topliss-reactive ketones (excluding diaryl/α,β-unsaturated/α-hetero) is 1. The van der Waals surface area contributed by atoms with E-state index in [4.69, 9.17) is 4.74 Å². The van der Waals surface area contributed by atoms with Crippen molar-refractivity contribution in [2.75, 3.05) is 0 Å². The summed E-state index contributed by atoms with van der Waals surface area (Å²) in [4.78, 5) is 11.4. The van der Waals surface area contributed by atoms with Crippen molar-refractivity contribution in [2.45, 2.75) is 52.2 Å². The molecule has 0 saturated carbocycles. The number of rotatable bonds is 3. The van der Waals surface area contributed by atoms with Crippen LogP contribution < -0.4 is 0 Å². The Balaban J connectivity index is 2.45. The van der Waals surface area contributed by atoms with Gasteiger partial charge in [-0.25, -0.2) is 0 Å². The average molecular weight is 170 g/mol. The molecule has 0 aromatic carbocycles. The van der Waals surface area contributed by atoms with Crippen molar-refractivity contribution >= 4 is 5.78 Å². The maximum absolute atomic E-state index is 11.4. The first-order valence-corrected chi connectivity index (χ1v) is 4.83. The molecule has 1 aliphatic heterocycles. The van der Waals surface area contributed by atoms with E-state index < -0.39 is 0 Å². The van der Waals surface area contributed by atoms with E-state index in [0.29, 0.717) is 18.1 Å². The Morgan fingerprint density at radius 3 is 2.67 bits per heavy atom. The van der Waals surface area contributed by atoms with Crippen LogP contribution in [0.3, 0.4) is 0 Å². The molecular formula is C10H18O2. The molecule has 0 aliphatic carbocycles. The SMILES string of the molecule is CCC[C@H]1CC(=O)C(C(C)C)O1. The predicted octanol–water partition coefficient (Wildman–Crippen LogP) is 2.17. The summed E-state index contributed by atoms with van der Waals surface area (Å²) in [5, 5.41) is 0. The van der Waals surface area contributed by atoms with Gasteiger partial charge in [-0.3, -0.25) is 4.79 Å². The summed E-state index contributed by atoms with van der Waals surface area (Å²) in [7, 11) is 0. The molecule has 70 valence electrons. The first kappa shape index (κ1) is 9.72. The second-order valence-electron chi connectivity index (χ2n) is 3.88. The van der Waals surface area contributed by atoms with E-state index >= 15 is 0 Å². The standard InChI is InChI=1S/C10H18O2/c1-4-5-8-6-9(11)10(12-8)7(2)3/h7-8,10H,4-6H2,1-3H3/t8-,10?/m0/s1. The molecule has 0 N–H and O–H groups in total. The number of hydrogen-bond acceptors (Lipinski definition) is 2. The van der Waals surface area contributed by atoms with E-state index in [2.05, 4.69) is 6.92 Å². The lowest BCUT2D eigenvalue weighted by Gasteiger charge is -2.14. The highest BCUT2D eigenvalue weighted by Gasteiger charge is 2.34. The van der Waals surface area contributed by atoms with Gasteiger partial charge in [-0.1, -0.05) is 27.2 Å². The van der Waals surface area contributed by atoms with Crippen LogP contribution in [0.2, 0.25) is 0 Å². The van der Waals surface area contributed by atoms with Gasteiger partial charge in [0.25, 0.3) is 0 Å². The topological polar surface area (TPSA) is 26.3 Å². The van der Waals surface area contributed by atoms with Gasteiger partial charge in [0.1, 0.15) is 6.10 Å². The van der Waals surface area contributed by atoms with Crippen molar-refractivity contribution < 1.29 is 9.53 Å². The molecule has 1 rings (SSSR count). The predicted molar refractivity (Wildman–Crippen MR) is 48.0 cm³/mol. The number of ether oxygens (including phenoxy) is 1. The molecule has 2 heteroatoms. The largest absolute Gasteiger partial charge is 0.366 e. The van der Waals surface area contributed by atoms with E-state index in [1.54, 1.807) is 0 Å². The van der Waals surface area contributed by atoms with Gasteiger partial charge in [-0.15, -0.1) is 0 Å². The Hall–Kier alpha value is -0.370. The van der Waals surface area contributed by atoms with Crippen molar-refractivity contribution in [1.82, 2.24) is 0 Å². The third kappa shape index (κ3) is 2.07. The van der Waals surface area contributed by atoms with Gasteiger partial charge in [-0.05, 0) is 12.3 Å². The van der Waals surface area contributed by atoms with Crippen LogP contribution in [-0.4, -0.2) is 18.0 Å². The van der Waals surface area contributed by atoms with Crippen LogP contribution in [0.5, 0.6) is 0 Å². The maximum atomic E-state index is 11.4. The molecule has 0 amide bonds. The second-order valence-corrected chi connectivity index (χ2v) is 3.88. The maximum Gasteiger partial charge on any atom is 0.164 e. The molecule has 0 aromatic heterocycles. The van der Waals surface area contributed by atoms with Crippen molar-refractivity contribution in [2.24, 2.45) is 5.92 Å². The molecule has 12 heavy (non-hydrogen) atoms. The fraction of sp³-hybridized carbons (Fsp3) is 0.900. The number of carbonyl (C=O) groups is 1. The molecule has 2 nitrogen and oxygen atoms in total. The fourth-order valence-corrected chi connectivity index (χ4v) is 1.69. The molecule has 2 atom stereocenters. The van der Waals surface area contributed by atoms with Gasteiger partial charge in [-0.2, -0.15) is 0 Å². The van der Waals surface area contributed by atoms with Crippen molar-refractivity contribution in [3.05, 3.63) is 0 Å². The molecule has 1 fully saturated rings. The molecule has 1 saturated heterocycles. The van der Waals surface area contributed by atoms with E-state index in [-0.39, 0.29) is 12.2 Å². The zero-order valence-electron chi connectivity index (χ0n) is 8.17. The summed E-state index contributed by atoms with van der Waals surface area (Å²) in [5.74, 6) is 0.628. The first-order chi connectivity index (χ1) is 5.65. The van der Waals surface area contributed by atoms with Crippen LogP contribution in [0.1, 0.15) is 40.0 Å². The molecule has 0 bridgehead atoms. The van der Waals surface area contributed by atoms with E-state index in [1.807, 2.05) is 13.8 Å². The van der Waals surface area contributed by atoms with Crippen LogP contribution in [0.25, 0.3) is 0 Å². The minimum atomic E-state index is -0.124. The Kier molecular flexibility index (Phi) is 3.27. The molecule has 1 heterocycles. The summed E-state index contributed by atoms with van der Waals surface area (Å²) in [5.41, 5.74) is 0. The van der Waals surface area contributed by atoms with Gasteiger partial charge in [0.05, 0.1) is 6.10 Å². The summed E-state index contributed by atoms with van der Waals surface area (Å²) in [6.07, 6.45) is 2.84. The van der Waals surface area contributed by atoms with E-state index in [1.165, 1.54) is 0 Å². The Bertz CT molecular complexity index is 163. The normalized spacial score (nSPS) is 30.2. The smallest absolute Gasteiger partial charge is 0.164 e. The zero-order chi connectivity index (χ0) is 9.14. The van der Waals surface area contributed by atoms with Gasteiger partial charge in [0.2, 0.25) is 0 Å². The molecular weight excluding hydrogens is 152 g/mol. The van der Waals surface area contributed by atoms with Gasteiger partial charge in [0.15, 0.2) is 5.78 Å². The van der Waals surface area contributed by atoms with Gasteiger partial charge in [0, 0.05) is 6.42 Å². The second kappa shape index (κ2) is 4.04. The molecule has 0 radical (unpaired) electrons. The highest BCUT2D eigenvalue weighted by Crippen LogP contribution is 2.24. The quantitative estimate of drug-likeness (QED) is 0.649. The number of carbonyl (C=O) groups excluding carboxylic acids is 1. The van der Waals surface area contributed by atoms with Crippen LogP contribution in [0, 0.1) is 5.92 Å². The van der Waals surface area contributed by atoms with Crippen molar-refractivity contribution in [3.63, 3.8) is 0 Å². The monoisotopic (exact) mass is 170 g/mol. The third-order valence-electron chi connectivity index (χ3n) is 2.30. The summed E-state index contributed by atoms with van der Waals surface area (Å²) in [6, 6.07) is 0. The highest BCUT2D eigenvalue weighted by molar-refractivity contribution is 5.85. The Morgan fingerprint density at radius 2 is 2.25 bits per heavy atom. The van der Waals surface area contributed by atoms with Crippen LogP contribution in [-0.2, 0) is 9.53 Å². The van der Waals surface area contributed by atoms with E-state index in [9.17, 15) is 4.79 Å². The molecule has 0 aromatic rings. The lowest BCUT2D eigenvalue weighted by molar-refractivity contribution is -0.124. The molecule has 1 unspecified atom stereocenters. The first-order valence-electron chi connectivity index (χ1n) is 4.83. The fourth-order valence-electron chi connectivity index (χ4n) is 1.69. The van der Waals surface area contributed by atoms with Gasteiger partial charge < -0.3 is 4.74 Å². The van der Waals surface area contributed by atoms with E-state index in [0.717, 1.165) is 12.8 Å². The van der Waals surface area contributed by atoms with Gasteiger partial charge >= 0.3 is 0 Å². The minimum Gasteiger partial charge on any atom is -0.366 e. The van der Waals surface area contributed by atoms with Crippen molar-refractivity contribution in [3.8, 4) is 0 Å². The number of ketones is 1. The summed E-state index contributed by atoms with van der Waals surface area (Å²) < 4.78 is 5.63. The van der Waals surface area contributed by atoms with Crippen molar-refractivity contribution in [1.29, 1.82) is 0 Å². The average Bonchev–Trinajstić information content (AvgIpc) is 2.32. The Morgan fingerprint density at radius 1 is 1.58 bits per heavy atom. The zero-order valence-corrected chi connectivity index (χ0v) is 8.17. The molecule has 0 spiro atoms. The minimum absolute atomic E-state index is 0.124. The van der Waals surface area contributed by atoms with Crippen LogP contribution in [0.4, 0.5) is 0 Å². The Labute approximate surface area is 74.3 Å². The van der Waals surface area contributed by atoms with Crippen LogP contribution >= 0.6 is 0 Å². The summed E-state index contributed by atoms with van der Waals surface area (Å²) in [6.45, 7) is 6.20. The third-order valence-corrected chi connectivity index (χ3v) is 2.30. The lowest BCUT2D eigenvalue weighted by atomic mass is 10.0. The highest BCUT2D eigenvalue weighted by atomic mass is 16.5. The lowest BCUT2D eigenvalue weighted by Crippen LogP contribution is -2.22. The number of hydrogen-bond donors (Lipinski definition) is 0. The van der Waals surface area contributed by atoms with Crippen LogP contribution in [0.15, 0.2) is 0 Å². The summed E-state index contributed by atoms with van der Waals surface area (Å²) >= 11 is 0.